The van der Waals surface area contributed by atoms with E-state index in [1.165, 1.54) is 0 Å². The molecule has 0 radical (unpaired) electrons. The predicted octanol–water partition coefficient (Wildman–Crippen LogP) is 3.41. The van der Waals surface area contributed by atoms with Crippen molar-refractivity contribution in [3.63, 3.8) is 0 Å². The fourth-order valence-electron chi connectivity index (χ4n) is 1.60. The fraction of sp³-hybridized carbons (Fsp3) is 0.500. The Morgan fingerprint density at radius 1 is 1.38 bits per heavy atom. The van der Waals surface area contributed by atoms with Crippen LogP contribution in [0.25, 0.3) is 0 Å². The van der Waals surface area contributed by atoms with E-state index in [1.807, 2.05) is 26.0 Å². The van der Waals surface area contributed by atoms with Crippen molar-refractivity contribution < 1.29 is 5.11 Å². The number of benzene rings is 1. The van der Waals surface area contributed by atoms with Gasteiger partial charge in [0.15, 0.2) is 0 Å². The predicted molar refractivity (Wildman–Crippen MR) is 69.2 cm³/mol. The summed E-state index contributed by atoms with van der Waals surface area (Å²) in [7, 11) is 0. The molecule has 0 aliphatic carbocycles. The Morgan fingerprint density at radius 2 is 2.06 bits per heavy atom. The van der Waals surface area contributed by atoms with Crippen molar-refractivity contribution in [1.82, 2.24) is 5.32 Å². The largest absolute Gasteiger partial charge is 0.395 e. The second kappa shape index (κ2) is 6.45. The van der Waals surface area contributed by atoms with Crippen molar-refractivity contribution in [1.29, 1.82) is 0 Å². The first-order valence-corrected chi connectivity index (χ1v) is 6.16. The third-order valence-corrected chi connectivity index (χ3v) is 3.19. The summed E-state index contributed by atoms with van der Waals surface area (Å²) in [6, 6.07) is 5.66. The molecule has 0 saturated heterocycles. The molecule has 0 saturated carbocycles. The Kier molecular flexibility index (Phi) is 5.56. The smallest absolute Gasteiger partial charge is 0.0584 e. The quantitative estimate of drug-likeness (QED) is 0.852. The molecule has 1 rings (SSSR count). The van der Waals surface area contributed by atoms with Gasteiger partial charge in [0, 0.05) is 22.1 Å². The average molecular weight is 262 g/mol. The van der Waals surface area contributed by atoms with Crippen LogP contribution in [0.15, 0.2) is 18.2 Å². The summed E-state index contributed by atoms with van der Waals surface area (Å²) >= 11 is 11.9. The van der Waals surface area contributed by atoms with Gasteiger partial charge in [-0.05, 0) is 31.0 Å². The van der Waals surface area contributed by atoms with E-state index in [2.05, 4.69) is 5.32 Å². The van der Waals surface area contributed by atoms with Crippen LogP contribution >= 0.6 is 23.2 Å². The summed E-state index contributed by atoms with van der Waals surface area (Å²) in [5.74, 6) is 0. The lowest BCUT2D eigenvalue weighted by atomic mass is 10.1. The van der Waals surface area contributed by atoms with E-state index >= 15 is 0 Å². The van der Waals surface area contributed by atoms with Gasteiger partial charge in [-0.25, -0.2) is 0 Å². The molecule has 4 heteroatoms. The number of hydrogen-bond donors (Lipinski definition) is 2. The molecule has 2 N–H and O–H groups in total. The van der Waals surface area contributed by atoms with E-state index in [9.17, 15) is 0 Å². The average Bonchev–Trinajstić information content (AvgIpc) is 2.25. The lowest BCUT2D eigenvalue weighted by Crippen LogP contribution is -2.34. The molecule has 0 heterocycles. The number of halogens is 2. The first-order valence-electron chi connectivity index (χ1n) is 5.40. The minimum Gasteiger partial charge on any atom is -0.395 e. The molecule has 16 heavy (non-hydrogen) atoms. The molecule has 1 aromatic rings. The first-order chi connectivity index (χ1) is 7.58. The van der Waals surface area contributed by atoms with Gasteiger partial charge in [0.1, 0.15) is 0 Å². The Hall–Kier alpha value is -0.280. The summed E-state index contributed by atoms with van der Waals surface area (Å²) in [6.45, 7) is 4.18. The van der Waals surface area contributed by atoms with Crippen LogP contribution in [0.3, 0.4) is 0 Å². The minimum absolute atomic E-state index is 0.0988. The van der Waals surface area contributed by atoms with Gasteiger partial charge in [-0.2, -0.15) is 0 Å². The second-order valence-corrected chi connectivity index (χ2v) is 4.69. The number of aliphatic hydroxyl groups excluding tert-OH is 1. The maximum Gasteiger partial charge on any atom is 0.0584 e. The normalized spacial score (nSPS) is 14.8. The van der Waals surface area contributed by atoms with Gasteiger partial charge in [-0.1, -0.05) is 36.2 Å². The van der Waals surface area contributed by atoms with E-state index in [1.54, 1.807) is 6.07 Å². The zero-order valence-corrected chi connectivity index (χ0v) is 11.0. The van der Waals surface area contributed by atoms with Crippen LogP contribution in [-0.2, 0) is 0 Å². The molecule has 0 fully saturated rings. The van der Waals surface area contributed by atoms with Crippen LogP contribution in [0.1, 0.15) is 31.9 Å². The van der Waals surface area contributed by atoms with Gasteiger partial charge in [0.2, 0.25) is 0 Å². The molecular weight excluding hydrogens is 245 g/mol. The molecule has 2 atom stereocenters. The molecular formula is C12H17Cl2NO. The van der Waals surface area contributed by atoms with Crippen molar-refractivity contribution in [3.05, 3.63) is 33.8 Å². The minimum atomic E-state index is 0.0988. The zero-order valence-electron chi connectivity index (χ0n) is 9.50. The molecule has 0 amide bonds. The van der Waals surface area contributed by atoms with Crippen LogP contribution in [0, 0.1) is 0 Å². The summed E-state index contributed by atoms with van der Waals surface area (Å²) in [5, 5.41) is 13.7. The first kappa shape index (κ1) is 13.8. The molecule has 0 bridgehead atoms. The molecule has 1 aromatic carbocycles. The molecule has 0 spiro atoms. The summed E-state index contributed by atoms with van der Waals surface area (Å²) in [6.07, 6.45) is 0.881. The molecule has 2 nitrogen and oxygen atoms in total. The molecule has 0 aliphatic rings. The Morgan fingerprint density at radius 3 is 2.56 bits per heavy atom. The summed E-state index contributed by atoms with van der Waals surface area (Å²) in [4.78, 5) is 0. The molecule has 0 aromatic heterocycles. The molecule has 90 valence electrons. The van der Waals surface area contributed by atoms with Crippen LogP contribution in [0.4, 0.5) is 0 Å². The van der Waals surface area contributed by atoms with Crippen molar-refractivity contribution in [2.24, 2.45) is 0 Å². The zero-order chi connectivity index (χ0) is 12.1. The van der Waals surface area contributed by atoms with Gasteiger partial charge >= 0.3 is 0 Å². The fourth-order valence-corrected chi connectivity index (χ4v) is 2.17. The number of rotatable bonds is 5. The lowest BCUT2D eigenvalue weighted by molar-refractivity contribution is 0.230. The van der Waals surface area contributed by atoms with Gasteiger partial charge in [0.25, 0.3) is 0 Å². The lowest BCUT2D eigenvalue weighted by Gasteiger charge is -2.21. The topological polar surface area (TPSA) is 32.3 Å². The van der Waals surface area contributed by atoms with E-state index in [-0.39, 0.29) is 18.7 Å². The number of nitrogens with one attached hydrogen (secondary N) is 1. The summed E-state index contributed by atoms with van der Waals surface area (Å²) < 4.78 is 0. The maximum atomic E-state index is 9.12. The molecule has 0 aliphatic heterocycles. The Balaban J connectivity index is 2.76. The van der Waals surface area contributed by atoms with Crippen molar-refractivity contribution in [3.8, 4) is 0 Å². The molecule has 2 unspecified atom stereocenters. The van der Waals surface area contributed by atoms with Crippen LogP contribution < -0.4 is 5.32 Å². The van der Waals surface area contributed by atoms with Gasteiger partial charge in [-0.15, -0.1) is 0 Å². The number of hydrogen-bond acceptors (Lipinski definition) is 2. The van der Waals surface area contributed by atoms with Crippen LogP contribution in [0.2, 0.25) is 10.0 Å². The second-order valence-electron chi connectivity index (χ2n) is 3.84. The highest BCUT2D eigenvalue weighted by Crippen LogP contribution is 2.26. The highest BCUT2D eigenvalue weighted by atomic mass is 35.5. The van der Waals surface area contributed by atoms with Gasteiger partial charge in [-0.3, -0.25) is 0 Å². The highest BCUT2D eigenvalue weighted by Gasteiger charge is 2.13. The van der Waals surface area contributed by atoms with E-state index < -0.39 is 0 Å². The third kappa shape index (κ3) is 3.63. The van der Waals surface area contributed by atoms with Gasteiger partial charge in [0.05, 0.1) is 6.61 Å². The van der Waals surface area contributed by atoms with Crippen molar-refractivity contribution >= 4 is 23.2 Å². The highest BCUT2D eigenvalue weighted by molar-refractivity contribution is 6.35. The summed E-state index contributed by atoms with van der Waals surface area (Å²) in [5.41, 5.74) is 0.998. The van der Waals surface area contributed by atoms with Crippen LogP contribution in [0.5, 0.6) is 0 Å². The SMILES string of the molecule is CCC(CO)NC(C)c1ccc(Cl)cc1Cl. The maximum absolute atomic E-state index is 9.12. The van der Waals surface area contributed by atoms with Crippen molar-refractivity contribution in [2.45, 2.75) is 32.4 Å². The Bertz CT molecular complexity index is 340. The van der Waals surface area contributed by atoms with Gasteiger partial charge < -0.3 is 10.4 Å². The van der Waals surface area contributed by atoms with E-state index in [0.29, 0.717) is 10.0 Å². The third-order valence-electron chi connectivity index (χ3n) is 2.63. The number of aliphatic hydroxyl groups is 1. The van der Waals surface area contributed by atoms with E-state index in [4.69, 9.17) is 28.3 Å². The van der Waals surface area contributed by atoms with E-state index in [0.717, 1.165) is 12.0 Å². The van der Waals surface area contributed by atoms with Crippen LogP contribution in [-0.4, -0.2) is 17.8 Å². The standard InChI is InChI=1S/C12H17Cl2NO/c1-3-10(7-16)15-8(2)11-5-4-9(13)6-12(11)14/h4-6,8,10,15-16H,3,7H2,1-2H3. The monoisotopic (exact) mass is 261 g/mol. The van der Waals surface area contributed by atoms with Crippen molar-refractivity contribution in [2.75, 3.05) is 6.61 Å². The Labute approximate surface area is 107 Å².